The number of oxazole rings is 1. The van der Waals surface area contributed by atoms with Gasteiger partial charge in [0.25, 0.3) is 5.91 Å². The fourth-order valence-corrected chi connectivity index (χ4v) is 3.73. The first-order chi connectivity index (χ1) is 16.1. The van der Waals surface area contributed by atoms with Gasteiger partial charge in [-0.25, -0.2) is 15.0 Å². The van der Waals surface area contributed by atoms with E-state index < -0.39 is 11.9 Å². The van der Waals surface area contributed by atoms with Crippen LogP contribution in [0.2, 0.25) is 5.15 Å². The Kier molecular flexibility index (Phi) is 5.42. The zero-order valence-corrected chi connectivity index (χ0v) is 17.8. The Morgan fingerprint density at radius 1 is 1.00 bits per heavy atom. The highest BCUT2D eigenvalue weighted by Crippen LogP contribution is 2.29. The average molecular weight is 458 g/mol. The first-order valence-corrected chi connectivity index (χ1v) is 10.4. The zero-order valence-electron chi connectivity index (χ0n) is 17.0. The van der Waals surface area contributed by atoms with Gasteiger partial charge in [0.15, 0.2) is 5.43 Å². The van der Waals surface area contributed by atoms with Crippen molar-refractivity contribution >= 4 is 28.5 Å². The summed E-state index contributed by atoms with van der Waals surface area (Å²) in [6.07, 6.45) is 5.86. The maximum absolute atomic E-state index is 13.7. The molecule has 1 unspecified atom stereocenters. The second-order valence-corrected chi connectivity index (χ2v) is 7.55. The maximum Gasteiger partial charge on any atom is 0.253 e. The van der Waals surface area contributed by atoms with E-state index in [1.807, 2.05) is 30.3 Å². The van der Waals surface area contributed by atoms with E-state index in [4.69, 9.17) is 16.0 Å². The van der Waals surface area contributed by atoms with E-state index in [-0.39, 0.29) is 22.0 Å². The molecule has 0 radical (unpaired) electrons. The van der Waals surface area contributed by atoms with Gasteiger partial charge in [-0.1, -0.05) is 41.9 Å². The van der Waals surface area contributed by atoms with Crippen molar-refractivity contribution in [2.24, 2.45) is 0 Å². The largest absolute Gasteiger partial charge is 0.443 e. The van der Waals surface area contributed by atoms with Crippen LogP contribution in [0.5, 0.6) is 0 Å². The van der Waals surface area contributed by atoms with Crippen LogP contribution < -0.4 is 10.7 Å². The number of hydrogen-bond acceptors (Lipinski definition) is 6. The molecule has 0 aliphatic heterocycles. The van der Waals surface area contributed by atoms with Crippen molar-refractivity contribution < 1.29 is 9.21 Å². The summed E-state index contributed by atoms with van der Waals surface area (Å²) in [5.41, 5.74) is 1.71. The van der Waals surface area contributed by atoms with Crippen LogP contribution in [0.15, 0.2) is 88.7 Å². The van der Waals surface area contributed by atoms with E-state index in [1.165, 1.54) is 24.7 Å². The molecule has 8 nitrogen and oxygen atoms in total. The summed E-state index contributed by atoms with van der Waals surface area (Å²) in [4.78, 5) is 42.5. The van der Waals surface area contributed by atoms with Crippen LogP contribution in [0.25, 0.3) is 22.6 Å². The minimum absolute atomic E-state index is 0.206. The molecule has 1 atom stereocenters. The minimum atomic E-state index is -0.815. The quantitative estimate of drug-likeness (QED) is 0.383. The van der Waals surface area contributed by atoms with Gasteiger partial charge in [-0.15, -0.1) is 0 Å². The predicted molar refractivity (Wildman–Crippen MR) is 123 cm³/mol. The number of fused-ring (bicyclic) bond motifs is 1. The van der Waals surface area contributed by atoms with Gasteiger partial charge in [-0.3, -0.25) is 9.59 Å². The van der Waals surface area contributed by atoms with Crippen molar-refractivity contribution in [2.45, 2.75) is 6.04 Å². The molecule has 0 aliphatic rings. The Labute approximate surface area is 192 Å². The molecule has 1 aromatic carbocycles. The molecule has 0 saturated carbocycles. The van der Waals surface area contributed by atoms with Crippen LogP contribution in [-0.2, 0) is 0 Å². The van der Waals surface area contributed by atoms with Crippen molar-refractivity contribution in [3.63, 3.8) is 0 Å². The number of hydrogen-bond donors (Lipinski definition) is 2. The summed E-state index contributed by atoms with van der Waals surface area (Å²) in [5, 5.41) is 3.62. The Morgan fingerprint density at radius 2 is 1.85 bits per heavy atom. The molecule has 4 aromatic heterocycles. The van der Waals surface area contributed by atoms with E-state index in [2.05, 4.69) is 25.3 Å². The van der Waals surface area contributed by atoms with Gasteiger partial charge in [0.2, 0.25) is 5.89 Å². The number of benzene rings is 1. The number of halogens is 1. The topological polar surface area (TPSA) is 114 Å². The summed E-state index contributed by atoms with van der Waals surface area (Å²) in [5.74, 6) is -0.213. The Hall–Kier alpha value is -4.30. The Morgan fingerprint density at radius 3 is 2.58 bits per heavy atom. The standard InChI is InChI=1S/C24H16ClN5O3/c25-17-9-8-15(13-28-17)23(32)30-19(14-5-2-1-3-6-14)18-20(24-27-11-12-33-24)29-22-16(21(18)31)7-4-10-26-22/h1-13,19H,(H,30,32)(H,26,29,31). The van der Waals surface area contributed by atoms with E-state index in [9.17, 15) is 9.59 Å². The number of pyridine rings is 3. The summed E-state index contributed by atoms with van der Waals surface area (Å²) in [6.45, 7) is 0. The van der Waals surface area contributed by atoms with Crippen LogP contribution >= 0.6 is 11.6 Å². The molecule has 2 N–H and O–H groups in total. The second-order valence-electron chi connectivity index (χ2n) is 7.17. The van der Waals surface area contributed by atoms with E-state index >= 15 is 0 Å². The number of aromatic nitrogens is 4. The zero-order chi connectivity index (χ0) is 22.8. The third-order valence-electron chi connectivity index (χ3n) is 5.14. The number of carbonyl (C=O) groups is 1. The highest BCUT2D eigenvalue weighted by atomic mass is 35.5. The van der Waals surface area contributed by atoms with Crippen molar-refractivity contribution in [1.29, 1.82) is 0 Å². The van der Waals surface area contributed by atoms with E-state index in [0.29, 0.717) is 27.9 Å². The molecule has 1 amide bonds. The lowest BCUT2D eigenvalue weighted by atomic mass is 9.95. The Balaban J connectivity index is 1.72. The summed E-state index contributed by atoms with van der Waals surface area (Å²) in [6, 6.07) is 14.8. The first-order valence-electron chi connectivity index (χ1n) is 10.00. The lowest BCUT2D eigenvalue weighted by molar-refractivity contribution is 0.0942. The maximum atomic E-state index is 13.7. The van der Waals surface area contributed by atoms with Crippen molar-refractivity contribution in [2.75, 3.05) is 0 Å². The minimum Gasteiger partial charge on any atom is -0.443 e. The molecule has 162 valence electrons. The molecule has 0 fully saturated rings. The van der Waals surface area contributed by atoms with Gasteiger partial charge in [0.1, 0.15) is 22.8 Å². The van der Waals surface area contributed by atoms with Gasteiger partial charge in [-0.05, 0) is 29.8 Å². The summed E-state index contributed by atoms with van der Waals surface area (Å²) >= 11 is 5.86. The third-order valence-corrected chi connectivity index (χ3v) is 5.37. The van der Waals surface area contributed by atoms with Gasteiger partial charge in [-0.2, -0.15) is 0 Å². The predicted octanol–water partition coefficient (Wildman–Crippen LogP) is 4.15. The fraction of sp³-hybridized carbons (Fsp3) is 0.0417. The van der Waals surface area contributed by atoms with Gasteiger partial charge < -0.3 is 14.7 Å². The molecule has 5 rings (SSSR count). The summed E-state index contributed by atoms with van der Waals surface area (Å²) < 4.78 is 5.51. The number of carbonyl (C=O) groups excluding carboxylic acids is 1. The molecule has 4 heterocycles. The monoisotopic (exact) mass is 457 g/mol. The number of nitrogens with zero attached hydrogens (tertiary/aromatic N) is 3. The lowest BCUT2D eigenvalue weighted by Crippen LogP contribution is -2.33. The van der Waals surface area contributed by atoms with Crippen LogP contribution in [0, 0.1) is 0 Å². The molecule has 33 heavy (non-hydrogen) atoms. The smallest absolute Gasteiger partial charge is 0.253 e. The third kappa shape index (κ3) is 3.99. The Bertz CT molecular complexity index is 1480. The van der Waals surface area contributed by atoms with Crippen LogP contribution in [0.1, 0.15) is 27.5 Å². The number of rotatable bonds is 5. The average Bonchev–Trinajstić information content (AvgIpc) is 3.39. The molecule has 5 aromatic rings. The summed E-state index contributed by atoms with van der Waals surface area (Å²) in [7, 11) is 0. The van der Waals surface area contributed by atoms with Crippen LogP contribution in [0.3, 0.4) is 0 Å². The van der Waals surface area contributed by atoms with Gasteiger partial charge in [0, 0.05) is 12.4 Å². The molecular weight excluding hydrogens is 442 g/mol. The first kappa shape index (κ1) is 20.6. The van der Waals surface area contributed by atoms with E-state index in [0.717, 1.165) is 0 Å². The second kappa shape index (κ2) is 8.68. The molecule has 0 bridgehead atoms. The number of amides is 1. The number of H-pyrrole nitrogens is 1. The van der Waals surface area contributed by atoms with Crippen molar-refractivity contribution in [1.82, 2.24) is 25.3 Å². The highest BCUT2D eigenvalue weighted by molar-refractivity contribution is 6.29. The lowest BCUT2D eigenvalue weighted by Gasteiger charge is -2.21. The van der Waals surface area contributed by atoms with Crippen LogP contribution in [-0.4, -0.2) is 25.8 Å². The highest BCUT2D eigenvalue weighted by Gasteiger charge is 2.27. The van der Waals surface area contributed by atoms with Crippen molar-refractivity contribution in [3.05, 3.63) is 112 Å². The molecule has 0 saturated heterocycles. The number of aromatic amines is 1. The normalized spacial score (nSPS) is 11.9. The van der Waals surface area contributed by atoms with E-state index in [1.54, 1.807) is 24.4 Å². The van der Waals surface area contributed by atoms with Crippen LogP contribution in [0.4, 0.5) is 0 Å². The molecule has 0 spiro atoms. The molecule has 9 heteroatoms. The molecular formula is C24H16ClN5O3. The fourth-order valence-electron chi connectivity index (χ4n) is 3.62. The SMILES string of the molecule is O=C(NC(c1ccccc1)c1c(-c2ncco2)[nH]c2ncccc2c1=O)c1ccc(Cl)nc1. The van der Waals surface area contributed by atoms with Gasteiger partial charge in [0.05, 0.1) is 28.8 Å². The molecule has 0 aliphatic carbocycles. The number of nitrogens with one attached hydrogen (secondary N) is 2. The van der Waals surface area contributed by atoms with Crippen molar-refractivity contribution in [3.8, 4) is 11.6 Å². The van der Waals surface area contributed by atoms with Gasteiger partial charge >= 0.3 is 0 Å².